The smallest absolute Gasteiger partial charge is 0.358 e. The Morgan fingerprint density at radius 3 is 2.89 bits per heavy atom. The molecule has 6 nitrogen and oxygen atoms in total. The largest absolute Gasteiger partial charge is 0.392 e. The van der Waals surface area contributed by atoms with Crippen molar-refractivity contribution in [3.8, 4) is 0 Å². The van der Waals surface area contributed by atoms with E-state index in [-0.39, 0.29) is 5.69 Å². The molecule has 0 aliphatic rings. The van der Waals surface area contributed by atoms with Crippen molar-refractivity contribution < 1.29 is 4.92 Å². The lowest BCUT2D eigenvalue weighted by molar-refractivity contribution is -0.385. The lowest BCUT2D eigenvalue weighted by Crippen LogP contribution is -2.24. The van der Waals surface area contributed by atoms with E-state index in [1.165, 1.54) is 15.9 Å². The molecule has 2 rings (SSSR count). The fraction of sp³-hybridized carbons (Fsp3) is 0.364. The molecule has 0 aliphatic heterocycles. The first kappa shape index (κ1) is 12.6. The fourth-order valence-electron chi connectivity index (χ4n) is 1.89. The molecular weight excluding hydrogens is 254 g/mol. The maximum atomic E-state index is 12.1. The molecule has 2 aromatic heterocycles. The van der Waals surface area contributed by atoms with Crippen LogP contribution in [0.2, 0.25) is 0 Å². The maximum Gasteiger partial charge on any atom is 0.358 e. The normalized spacial score (nSPS) is 10.9. The number of rotatable bonds is 4. The van der Waals surface area contributed by atoms with Crippen LogP contribution in [0, 0.1) is 10.1 Å². The van der Waals surface area contributed by atoms with E-state index in [9.17, 15) is 14.9 Å². The molecule has 0 saturated carbocycles. The van der Waals surface area contributed by atoms with Crippen LogP contribution in [0.25, 0.3) is 10.2 Å². The monoisotopic (exact) mass is 267 g/mol. The highest BCUT2D eigenvalue weighted by atomic mass is 32.1. The number of aryl methyl sites for hydroxylation is 1. The van der Waals surface area contributed by atoms with Gasteiger partial charge >= 0.3 is 11.2 Å². The topological polar surface area (TPSA) is 91.2 Å². The first-order chi connectivity index (χ1) is 8.57. The minimum Gasteiger partial charge on any atom is -0.392 e. The van der Waals surface area contributed by atoms with E-state index in [2.05, 4.69) is 0 Å². The number of anilines is 1. The van der Waals surface area contributed by atoms with Crippen molar-refractivity contribution in [2.75, 3.05) is 5.73 Å². The molecule has 2 aromatic rings. The number of hydrogen-bond acceptors (Lipinski definition) is 5. The summed E-state index contributed by atoms with van der Waals surface area (Å²) in [6.45, 7) is 2.48. The van der Waals surface area contributed by atoms with E-state index in [1.807, 2.05) is 6.92 Å². The van der Waals surface area contributed by atoms with Crippen LogP contribution in [0.4, 0.5) is 11.4 Å². The van der Waals surface area contributed by atoms with E-state index in [0.29, 0.717) is 16.8 Å². The number of thiophene rings is 1. The first-order valence-corrected chi connectivity index (χ1v) is 6.49. The third-order valence-electron chi connectivity index (χ3n) is 2.80. The summed E-state index contributed by atoms with van der Waals surface area (Å²) in [6, 6.07) is 1.77. The number of nitrogens with two attached hydrogens (primary N) is 1. The van der Waals surface area contributed by atoms with Gasteiger partial charge in [0.15, 0.2) is 0 Å². The molecule has 0 spiro atoms. The highest BCUT2D eigenvalue weighted by Crippen LogP contribution is 2.31. The summed E-state index contributed by atoms with van der Waals surface area (Å²) in [5.41, 5.74) is 5.25. The molecule has 0 fully saturated rings. The predicted octanol–water partition coefficient (Wildman–Crippen LogP) is 2.35. The lowest BCUT2D eigenvalue weighted by Gasteiger charge is -2.08. The van der Waals surface area contributed by atoms with Crippen molar-refractivity contribution in [1.29, 1.82) is 0 Å². The van der Waals surface area contributed by atoms with Crippen molar-refractivity contribution in [2.45, 2.75) is 26.3 Å². The third-order valence-corrected chi connectivity index (χ3v) is 3.74. The van der Waals surface area contributed by atoms with Gasteiger partial charge in [-0.2, -0.15) is 0 Å². The van der Waals surface area contributed by atoms with Gasteiger partial charge in [0.2, 0.25) is 0 Å². The molecule has 2 heterocycles. The van der Waals surface area contributed by atoms with Gasteiger partial charge in [0.05, 0.1) is 15.1 Å². The molecule has 0 amide bonds. The summed E-state index contributed by atoms with van der Waals surface area (Å²) < 4.78 is 2.06. The Morgan fingerprint density at radius 1 is 1.56 bits per heavy atom. The van der Waals surface area contributed by atoms with Gasteiger partial charge in [0, 0.05) is 6.54 Å². The van der Waals surface area contributed by atoms with Gasteiger partial charge in [-0.15, -0.1) is 11.3 Å². The number of nitrogen functional groups attached to an aromatic ring is 1. The number of fused-ring (bicyclic) bond motifs is 1. The average Bonchev–Trinajstić information content (AvgIpc) is 2.77. The zero-order valence-electron chi connectivity index (χ0n) is 9.88. The molecule has 0 aromatic carbocycles. The standard InChI is InChI=1S/C11H13N3O3S/c1-2-3-5-13-7-4-6-18-10(7)8(12)9(11(13)15)14(16)17/h4,6H,2-3,5,12H2,1H3. The highest BCUT2D eigenvalue weighted by molar-refractivity contribution is 7.17. The molecule has 18 heavy (non-hydrogen) atoms. The Balaban J connectivity index is 2.78. The Hall–Kier alpha value is -1.89. The van der Waals surface area contributed by atoms with E-state index >= 15 is 0 Å². The molecule has 0 atom stereocenters. The summed E-state index contributed by atoms with van der Waals surface area (Å²) in [5, 5.41) is 12.7. The van der Waals surface area contributed by atoms with Gasteiger partial charge in [0.25, 0.3) is 0 Å². The van der Waals surface area contributed by atoms with Crippen LogP contribution in [0.3, 0.4) is 0 Å². The molecule has 0 bridgehead atoms. The van der Waals surface area contributed by atoms with Crippen LogP contribution >= 0.6 is 11.3 Å². The molecular formula is C11H13N3O3S. The second-order valence-electron chi connectivity index (χ2n) is 3.96. The number of unbranched alkanes of at least 4 members (excludes halogenated alkanes) is 1. The molecule has 0 aliphatic carbocycles. The van der Waals surface area contributed by atoms with Crippen LogP contribution in [0.5, 0.6) is 0 Å². The Morgan fingerprint density at radius 2 is 2.28 bits per heavy atom. The predicted molar refractivity (Wildman–Crippen MR) is 72.1 cm³/mol. The van der Waals surface area contributed by atoms with Crippen LogP contribution < -0.4 is 11.3 Å². The van der Waals surface area contributed by atoms with Crippen molar-refractivity contribution in [3.63, 3.8) is 0 Å². The third kappa shape index (κ3) is 1.86. The van der Waals surface area contributed by atoms with E-state index in [4.69, 9.17) is 5.73 Å². The number of nitrogens with zero attached hydrogens (tertiary/aromatic N) is 2. The Bertz CT molecular complexity index is 659. The van der Waals surface area contributed by atoms with Gasteiger partial charge in [-0.3, -0.25) is 14.9 Å². The van der Waals surface area contributed by atoms with E-state index in [0.717, 1.165) is 12.8 Å². The van der Waals surface area contributed by atoms with Crippen molar-refractivity contribution in [1.82, 2.24) is 4.57 Å². The highest BCUT2D eigenvalue weighted by Gasteiger charge is 2.24. The molecule has 2 N–H and O–H groups in total. The van der Waals surface area contributed by atoms with Crippen molar-refractivity contribution in [2.24, 2.45) is 0 Å². The average molecular weight is 267 g/mol. The second-order valence-corrected chi connectivity index (χ2v) is 4.88. The first-order valence-electron chi connectivity index (χ1n) is 5.61. The van der Waals surface area contributed by atoms with Crippen LogP contribution in [0.15, 0.2) is 16.2 Å². The van der Waals surface area contributed by atoms with Gasteiger partial charge < -0.3 is 10.3 Å². The number of aromatic nitrogens is 1. The SMILES string of the molecule is CCCCn1c(=O)c([N+](=O)[O-])c(N)c2sccc21. The summed E-state index contributed by atoms with van der Waals surface area (Å²) in [7, 11) is 0. The molecule has 0 unspecified atom stereocenters. The van der Waals surface area contributed by atoms with Crippen LogP contribution in [0.1, 0.15) is 19.8 Å². The quantitative estimate of drug-likeness (QED) is 0.680. The molecule has 7 heteroatoms. The number of hydrogen-bond donors (Lipinski definition) is 1. The van der Waals surface area contributed by atoms with E-state index in [1.54, 1.807) is 11.4 Å². The Labute approximate surface area is 107 Å². The zero-order valence-corrected chi connectivity index (χ0v) is 10.7. The van der Waals surface area contributed by atoms with Crippen molar-refractivity contribution >= 4 is 32.9 Å². The Kier molecular flexibility index (Phi) is 3.33. The number of pyridine rings is 1. The molecule has 96 valence electrons. The number of nitro groups is 1. The van der Waals surface area contributed by atoms with Crippen molar-refractivity contribution in [3.05, 3.63) is 31.9 Å². The van der Waals surface area contributed by atoms with Crippen LogP contribution in [-0.2, 0) is 6.54 Å². The van der Waals surface area contributed by atoms with Gasteiger partial charge in [0.1, 0.15) is 5.69 Å². The zero-order chi connectivity index (χ0) is 13.3. The fourth-order valence-corrected chi connectivity index (χ4v) is 2.75. The van der Waals surface area contributed by atoms with Crippen LogP contribution in [-0.4, -0.2) is 9.49 Å². The molecule has 0 radical (unpaired) electrons. The second kappa shape index (κ2) is 4.77. The van der Waals surface area contributed by atoms with Gasteiger partial charge in [-0.05, 0) is 17.9 Å². The summed E-state index contributed by atoms with van der Waals surface area (Å²) >= 11 is 1.31. The van der Waals surface area contributed by atoms with Gasteiger partial charge in [-0.1, -0.05) is 13.3 Å². The lowest BCUT2D eigenvalue weighted by atomic mass is 10.2. The molecule has 0 saturated heterocycles. The minimum absolute atomic E-state index is 0.0252. The van der Waals surface area contributed by atoms with E-state index < -0.39 is 16.2 Å². The minimum atomic E-state index is -0.695. The van der Waals surface area contributed by atoms with Gasteiger partial charge in [-0.25, -0.2) is 0 Å². The summed E-state index contributed by atoms with van der Waals surface area (Å²) in [4.78, 5) is 22.4. The summed E-state index contributed by atoms with van der Waals surface area (Å²) in [5.74, 6) is 0. The maximum absolute atomic E-state index is 12.1. The summed E-state index contributed by atoms with van der Waals surface area (Å²) in [6.07, 6.45) is 1.71.